The average Bonchev–Trinajstić information content (AvgIpc) is 2.40. The average molecular weight is 374 g/mol. The van der Waals surface area contributed by atoms with E-state index in [1.807, 2.05) is 0 Å². The third-order valence-electron chi connectivity index (χ3n) is 2.64. The quantitative estimate of drug-likeness (QED) is 0.496. The summed E-state index contributed by atoms with van der Waals surface area (Å²) in [5.74, 6) is 0. The van der Waals surface area contributed by atoms with Crippen LogP contribution in [0.2, 0.25) is 0 Å². The lowest BCUT2D eigenvalue weighted by atomic mass is 10.2. The summed E-state index contributed by atoms with van der Waals surface area (Å²) in [6, 6.07) is 5.37. The number of halogens is 6. The fourth-order valence-electron chi connectivity index (χ4n) is 1.47. The smallest absolute Gasteiger partial charge is 0.200 e. The van der Waals surface area contributed by atoms with Gasteiger partial charge in [0.2, 0.25) is 0 Å². The van der Waals surface area contributed by atoms with Crippen LogP contribution in [-0.2, 0) is 10.0 Å². The molecule has 0 saturated carbocycles. The molecule has 1 aromatic rings. The number of nitrogens with one attached hydrogen (secondary N) is 1. The van der Waals surface area contributed by atoms with Crippen molar-refractivity contribution in [3.63, 3.8) is 0 Å². The SMILES string of the molecule is C/C(C=C(C(F)(F)F)C(F)(F)F)=N\NS(=O)(=O)c1ccc(C)cc1. The first-order valence-electron chi connectivity index (χ1n) is 6.22. The number of hydrogen-bond donors (Lipinski definition) is 1. The van der Waals surface area contributed by atoms with E-state index >= 15 is 0 Å². The van der Waals surface area contributed by atoms with Crippen molar-refractivity contribution in [1.82, 2.24) is 4.83 Å². The van der Waals surface area contributed by atoms with Crippen LogP contribution in [0.1, 0.15) is 12.5 Å². The molecule has 0 aliphatic rings. The lowest BCUT2D eigenvalue weighted by Gasteiger charge is -2.14. The van der Waals surface area contributed by atoms with E-state index < -0.39 is 33.7 Å². The van der Waals surface area contributed by atoms with Gasteiger partial charge in [0.1, 0.15) is 5.57 Å². The number of nitrogens with zero attached hydrogens (tertiary/aromatic N) is 1. The van der Waals surface area contributed by atoms with Crippen LogP contribution in [0.25, 0.3) is 0 Å². The van der Waals surface area contributed by atoms with Gasteiger partial charge < -0.3 is 0 Å². The third kappa shape index (κ3) is 5.55. The van der Waals surface area contributed by atoms with Crippen molar-refractivity contribution in [2.24, 2.45) is 5.10 Å². The van der Waals surface area contributed by atoms with Crippen molar-refractivity contribution in [3.8, 4) is 0 Å². The minimum atomic E-state index is -5.65. The van der Waals surface area contributed by atoms with E-state index in [9.17, 15) is 34.8 Å². The van der Waals surface area contributed by atoms with Gasteiger partial charge in [-0.05, 0) is 32.1 Å². The number of sulfonamides is 1. The molecule has 0 unspecified atom stereocenters. The van der Waals surface area contributed by atoms with Gasteiger partial charge in [0.05, 0.1) is 10.6 Å². The van der Waals surface area contributed by atoms with E-state index in [2.05, 4.69) is 5.10 Å². The van der Waals surface area contributed by atoms with Gasteiger partial charge in [0.15, 0.2) is 0 Å². The van der Waals surface area contributed by atoms with Crippen molar-refractivity contribution in [2.45, 2.75) is 31.1 Å². The predicted octanol–water partition coefficient (Wildman–Crippen LogP) is 3.70. The van der Waals surface area contributed by atoms with E-state index in [1.54, 1.807) is 11.8 Å². The van der Waals surface area contributed by atoms with Crippen molar-refractivity contribution >= 4 is 15.7 Å². The van der Waals surface area contributed by atoms with Gasteiger partial charge in [0.25, 0.3) is 10.0 Å². The number of benzene rings is 1. The number of hydrogen-bond acceptors (Lipinski definition) is 3. The molecule has 0 heterocycles. The molecular formula is C13H12F6N2O2S. The molecule has 0 fully saturated rings. The highest BCUT2D eigenvalue weighted by Crippen LogP contribution is 2.38. The fraction of sp³-hybridized carbons (Fsp3) is 0.308. The van der Waals surface area contributed by atoms with Crippen LogP contribution in [0.4, 0.5) is 26.3 Å². The fourth-order valence-corrected chi connectivity index (χ4v) is 2.33. The lowest BCUT2D eigenvalue weighted by molar-refractivity contribution is -0.171. The molecule has 134 valence electrons. The van der Waals surface area contributed by atoms with Gasteiger partial charge in [-0.2, -0.15) is 44.7 Å². The summed E-state index contributed by atoms with van der Waals surface area (Å²) in [5.41, 5.74) is -2.84. The van der Waals surface area contributed by atoms with Crippen molar-refractivity contribution in [3.05, 3.63) is 41.5 Å². The first-order chi connectivity index (χ1) is 10.7. The van der Waals surface area contributed by atoms with Crippen LogP contribution in [0.5, 0.6) is 0 Å². The summed E-state index contributed by atoms with van der Waals surface area (Å²) < 4.78 is 97.9. The summed E-state index contributed by atoms with van der Waals surface area (Å²) in [6.45, 7) is 2.50. The van der Waals surface area contributed by atoms with Crippen molar-refractivity contribution in [2.75, 3.05) is 0 Å². The van der Waals surface area contributed by atoms with Crippen LogP contribution in [0, 0.1) is 6.92 Å². The molecule has 0 aliphatic heterocycles. The van der Waals surface area contributed by atoms with E-state index in [0.29, 0.717) is 0 Å². The Morgan fingerprint density at radius 3 is 1.92 bits per heavy atom. The molecule has 1 aromatic carbocycles. The third-order valence-corrected chi connectivity index (χ3v) is 3.86. The molecule has 4 nitrogen and oxygen atoms in total. The number of aryl methyl sites for hydroxylation is 1. The van der Waals surface area contributed by atoms with Crippen LogP contribution in [-0.4, -0.2) is 26.5 Å². The Kier molecular flexibility index (Phi) is 5.70. The minimum absolute atomic E-state index is 0.236. The maximum Gasteiger partial charge on any atom is 0.421 e. The molecule has 11 heteroatoms. The molecule has 0 spiro atoms. The van der Waals surface area contributed by atoms with E-state index in [1.165, 1.54) is 24.3 Å². The molecule has 0 aromatic heterocycles. The summed E-state index contributed by atoms with van der Waals surface area (Å²) in [4.78, 5) is 1.35. The number of allylic oxidation sites excluding steroid dienone is 2. The molecule has 1 rings (SSSR count). The Morgan fingerprint density at radius 1 is 1.04 bits per heavy atom. The second-order valence-electron chi connectivity index (χ2n) is 4.71. The molecule has 0 saturated heterocycles. The van der Waals surface area contributed by atoms with Crippen LogP contribution >= 0.6 is 0 Å². The van der Waals surface area contributed by atoms with Crippen molar-refractivity contribution in [1.29, 1.82) is 0 Å². The molecule has 0 bridgehead atoms. The molecule has 0 radical (unpaired) electrons. The Balaban J connectivity index is 3.08. The monoisotopic (exact) mass is 374 g/mol. The maximum absolute atomic E-state index is 12.4. The Labute approximate surface area is 133 Å². The van der Waals surface area contributed by atoms with Gasteiger partial charge in [0, 0.05) is 0 Å². The molecule has 0 amide bonds. The summed E-state index contributed by atoms with van der Waals surface area (Å²) in [5, 5.41) is 3.06. The summed E-state index contributed by atoms with van der Waals surface area (Å²) in [7, 11) is -4.21. The molecule has 0 atom stereocenters. The first kappa shape index (κ1) is 20.0. The standard InChI is InChI=1S/C13H12F6N2O2S/c1-8-3-5-10(6-4-8)24(22,23)21-20-9(2)7-11(12(14,15)16)13(17,18)19/h3-7,21H,1-2H3/b20-9+. The van der Waals surface area contributed by atoms with E-state index in [-0.39, 0.29) is 11.0 Å². The van der Waals surface area contributed by atoms with Gasteiger partial charge in [-0.25, -0.2) is 0 Å². The van der Waals surface area contributed by atoms with Gasteiger partial charge in [-0.3, -0.25) is 0 Å². The van der Waals surface area contributed by atoms with Crippen LogP contribution < -0.4 is 4.83 Å². The molecule has 24 heavy (non-hydrogen) atoms. The van der Waals surface area contributed by atoms with Gasteiger partial charge in [-0.1, -0.05) is 17.7 Å². The lowest BCUT2D eigenvalue weighted by Crippen LogP contribution is -2.27. The zero-order chi connectivity index (χ0) is 18.8. The zero-order valence-corrected chi connectivity index (χ0v) is 13.1. The summed E-state index contributed by atoms with van der Waals surface area (Å²) >= 11 is 0. The highest BCUT2D eigenvalue weighted by atomic mass is 32.2. The second kappa shape index (κ2) is 6.83. The molecule has 0 aliphatic carbocycles. The number of rotatable bonds is 4. The van der Waals surface area contributed by atoms with Crippen LogP contribution in [0.15, 0.2) is 45.9 Å². The normalized spacial score (nSPS) is 13.6. The van der Waals surface area contributed by atoms with E-state index in [4.69, 9.17) is 0 Å². The highest BCUT2D eigenvalue weighted by Gasteiger charge is 2.50. The van der Waals surface area contributed by atoms with Crippen molar-refractivity contribution < 1.29 is 34.8 Å². The topological polar surface area (TPSA) is 58.5 Å². The highest BCUT2D eigenvalue weighted by molar-refractivity contribution is 7.89. The Hall–Kier alpha value is -2.04. The first-order valence-corrected chi connectivity index (χ1v) is 7.70. The van der Waals surface area contributed by atoms with Gasteiger partial charge in [-0.15, -0.1) is 0 Å². The molecule has 1 N–H and O–H groups in total. The second-order valence-corrected chi connectivity index (χ2v) is 6.38. The van der Waals surface area contributed by atoms with Gasteiger partial charge >= 0.3 is 12.4 Å². The predicted molar refractivity (Wildman–Crippen MR) is 74.8 cm³/mol. The largest absolute Gasteiger partial charge is 0.421 e. The summed E-state index contributed by atoms with van der Waals surface area (Å²) in [6.07, 6.45) is -11.6. The molecular weight excluding hydrogens is 362 g/mol. The number of alkyl halides is 6. The Morgan fingerprint density at radius 2 is 1.50 bits per heavy atom. The Bertz CT molecular complexity index is 730. The van der Waals surface area contributed by atoms with E-state index in [0.717, 1.165) is 12.5 Å². The van der Waals surface area contributed by atoms with Crippen LogP contribution in [0.3, 0.4) is 0 Å². The maximum atomic E-state index is 12.4. The zero-order valence-electron chi connectivity index (χ0n) is 12.3. The number of hydrazone groups is 1. The minimum Gasteiger partial charge on any atom is -0.200 e.